The highest BCUT2D eigenvalue weighted by Crippen LogP contribution is 2.14. The summed E-state index contributed by atoms with van der Waals surface area (Å²) in [5.74, 6) is 1.92. The summed E-state index contributed by atoms with van der Waals surface area (Å²) in [4.78, 5) is 14.2. The first-order chi connectivity index (χ1) is 14.6. The van der Waals surface area contributed by atoms with Gasteiger partial charge in [-0.2, -0.15) is 0 Å². The van der Waals surface area contributed by atoms with E-state index in [9.17, 15) is 0 Å². The van der Waals surface area contributed by atoms with Gasteiger partial charge in [0.05, 0.1) is 6.54 Å². The second-order valence-electron chi connectivity index (χ2n) is 8.10. The lowest BCUT2D eigenvalue weighted by molar-refractivity contribution is 0.312. The average molecular weight is 409 g/mol. The molecule has 0 atom stereocenters. The van der Waals surface area contributed by atoms with Crippen LogP contribution in [0.4, 0.5) is 5.82 Å². The lowest BCUT2D eigenvalue weighted by Crippen LogP contribution is -2.44. The minimum absolute atomic E-state index is 0.616. The molecule has 2 aromatic rings. The van der Waals surface area contributed by atoms with Crippen molar-refractivity contribution in [1.29, 1.82) is 0 Å². The molecule has 0 amide bonds. The Hall–Kier alpha value is -2.60. The molecule has 0 spiro atoms. The highest BCUT2D eigenvalue weighted by Gasteiger charge is 2.14. The molecule has 30 heavy (non-hydrogen) atoms. The van der Waals surface area contributed by atoms with Gasteiger partial charge in [-0.3, -0.25) is 0 Å². The number of unbranched alkanes of at least 4 members (excludes halogenated alkanes) is 1. The zero-order valence-electron chi connectivity index (χ0n) is 18.7. The number of pyridine rings is 1. The molecule has 1 aliphatic rings. The number of piperazine rings is 1. The van der Waals surface area contributed by atoms with E-state index in [2.05, 4.69) is 82.7 Å². The molecule has 1 aromatic carbocycles. The number of nitrogens with zero attached hydrogens (tertiary/aromatic N) is 4. The standard InChI is InChI=1S/C24H36N6/c1-4-5-12-25-24(27-17-21-8-6-20(2)7-9-21)28-19-22-10-11-23(26-18-22)30-15-13-29(3)14-16-30/h6-11,18H,4-5,12-17,19H2,1-3H3,(H2,25,27,28). The van der Waals surface area contributed by atoms with Crippen molar-refractivity contribution in [2.24, 2.45) is 4.99 Å². The van der Waals surface area contributed by atoms with E-state index >= 15 is 0 Å². The number of hydrogen-bond acceptors (Lipinski definition) is 4. The van der Waals surface area contributed by atoms with Crippen LogP contribution in [-0.2, 0) is 13.1 Å². The van der Waals surface area contributed by atoms with Gasteiger partial charge in [0.2, 0.25) is 0 Å². The Morgan fingerprint density at radius 2 is 1.73 bits per heavy atom. The fourth-order valence-electron chi connectivity index (χ4n) is 3.35. The largest absolute Gasteiger partial charge is 0.356 e. The molecule has 2 N–H and O–H groups in total. The van der Waals surface area contributed by atoms with Gasteiger partial charge in [0.1, 0.15) is 5.82 Å². The van der Waals surface area contributed by atoms with E-state index in [-0.39, 0.29) is 0 Å². The Bertz CT molecular complexity index is 776. The van der Waals surface area contributed by atoms with Crippen LogP contribution in [0.15, 0.2) is 47.6 Å². The van der Waals surface area contributed by atoms with Crippen molar-refractivity contribution in [2.45, 2.75) is 39.8 Å². The van der Waals surface area contributed by atoms with Crippen LogP contribution in [0, 0.1) is 6.92 Å². The van der Waals surface area contributed by atoms with Crippen LogP contribution in [0.25, 0.3) is 0 Å². The van der Waals surface area contributed by atoms with Crippen LogP contribution in [0.5, 0.6) is 0 Å². The van der Waals surface area contributed by atoms with E-state index in [1.165, 1.54) is 11.1 Å². The van der Waals surface area contributed by atoms with E-state index in [4.69, 9.17) is 4.99 Å². The number of likely N-dealkylation sites (N-methyl/N-ethyl adjacent to an activating group) is 1. The van der Waals surface area contributed by atoms with Crippen LogP contribution >= 0.6 is 0 Å². The first kappa shape index (κ1) is 22.1. The van der Waals surface area contributed by atoms with Crippen molar-refractivity contribution in [3.8, 4) is 0 Å². The lowest BCUT2D eigenvalue weighted by Gasteiger charge is -2.33. The Morgan fingerprint density at radius 3 is 2.40 bits per heavy atom. The van der Waals surface area contributed by atoms with Gasteiger partial charge < -0.3 is 20.4 Å². The molecule has 1 aliphatic heterocycles. The van der Waals surface area contributed by atoms with E-state index in [0.29, 0.717) is 6.54 Å². The molecule has 1 aromatic heterocycles. The fourth-order valence-corrected chi connectivity index (χ4v) is 3.35. The van der Waals surface area contributed by atoms with Gasteiger partial charge in [-0.05, 0) is 37.6 Å². The Morgan fingerprint density at radius 1 is 1.00 bits per heavy atom. The fraction of sp³-hybridized carbons (Fsp3) is 0.500. The molecule has 6 nitrogen and oxygen atoms in total. The van der Waals surface area contributed by atoms with E-state index < -0.39 is 0 Å². The number of aliphatic imine (C=N–C) groups is 1. The summed E-state index contributed by atoms with van der Waals surface area (Å²) < 4.78 is 0. The number of nitrogens with one attached hydrogen (secondary N) is 2. The molecule has 162 valence electrons. The molecule has 3 rings (SSSR count). The summed E-state index contributed by atoms with van der Waals surface area (Å²) in [7, 11) is 2.17. The van der Waals surface area contributed by atoms with Gasteiger partial charge >= 0.3 is 0 Å². The first-order valence-corrected chi connectivity index (χ1v) is 11.1. The summed E-state index contributed by atoms with van der Waals surface area (Å²) in [6, 6.07) is 12.9. The van der Waals surface area contributed by atoms with Crippen molar-refractivity contribution in [2.75, 3.05) is 44.7 Å². The Labute approximate surface area is 181 Å². The predicted octanol–water partition coefficient (Wildman–Crippen LogP) is 3.18. The maximum Gasteiger partial charge on any atom is 0.191 e. The molecule has 0 saturated carbocycles. The number of anilines is 1. The molecular formula is C24H36N6. The van der Waals surface area contributed by atoms with Gasteiger partial charge in [0.25, 0.3) is 0 Å². The molecular weight excluding hydrogens is 372 g/mol. The van der Waals surface area contributed by atoms with Crippen LogP contribution < -0.4 is 15.5 Å². The average Bonchev–Trinajstić information content (AvgIpc) is 2.77. The Balaban J connectivity index is 1.57. The van der Waals surface area contributed by atoms with Crippen molar-refractivity contribution < 1.29 is 0 Å². The second kappa shape index (κ2) is 11.6. The monoisotopic (exact) mass is 408 g/mol. The third kappa shape index (κ3) is 7.02. The molecule has 1 saturated heterocycles. The second-order valence-corrected chi connectivity index (χ2v) is 8.10. The summed E-state index contributed by atoms with van der Waals surface area (Å²) >= 11 is 0. The minimum atomic E-state index is 0.616. The molecule has 0 aliphatic carbocycles. The number of hydrogen-bond donors (Lipinski definition) is 2. The molecule has 0 radical (unpaired) electrons. The van der Waals surface area contributed by atoms with E-state index in [1.807, 2.05) is 6.20 Å². The summed E-state index contributed by atoms with van der Waals surface area (Å²) in [5, 5.41) is 6.90. The van der Waals surface area contributed by atoms with Gasteiger partial charge in [-0.15, -0.1) is 0 Å². The van der Waals surface area contributed by atoms with Crippen LogP contribution in [0.1, 0.15) is 36.5 Å². The lowest BCUT2D eigenvalue weighted by atomic mass is 10.1. The van der Waals surface area contributed by atoms with Gasteiger partial charge in [0, 0.05) is 45.5 Å². The van der Waals surface area contributed by atoms with Gasteiger partial charge in [-0.1, -0.05) is 49.2 Å². The SMILES string of the molecule is CCCCNC(=NCc1ccc(N2CCN(C)CC2)nc1)NCc1ccc(C)cc1. The number of aryl methyl sites for hydroxylation is 1. The summed E-state index contributed by atoms with van der Waals surface area (Å²) in [5.41, 5.74) is 3.66. The smallest absolute Gasteiger partial charge is 0.191 e. The van der Waals surface area contributed by atoms with Crippen LogP contribution in [-0.4, -0.2) is 55.6 Å². The Kier molecular flexibility index (Phi) is 8.51. The topological polar surface area (TPSA) is 55.8 Å². The number of aromatic nitrogens is 1. The predicted molar refractivity (Wildman–Crippen MR) is 126 cm³/mol. The maximum atomic E-state index is 4.78. The normalized spacial score (nSPS) is 15.3. The summed E-state index contributed by atoms with van der Waals surface area (Å²) in [6.45, 7) is 10.9. The van der Waals surface area contributed by atoms with E-state index in [1.54, 1.807) is 0 Å². The highest BCUT2D eigenvalue weighted by atomic mass is 15.3. The number of benzene rings is 1. The zero-order chi connectivity index (χ0) is 21.2. The first-order valence-electron chi connectivity index (χ1n) is 11.1. The van der Waals surface area contributed by atoms with Gasteiger partial charge in [0.15, 0.2) is 5.96 Å². The van der Waals surface area contributed by atoms with Crippen molar-refractivity contribution >= 4 is 11.8 Å². The third-order valence-electron chi connectivity index (χ3n) is 5.46. The number of guanidine groups is 1. The molecule has 6 heteroatoms. The zero-order valence-corrected chi connectivity index (χ0v) is 18.7. The quantitative estimate of drug-likeness (QED) is 0.399. The maximum absolute atomic E-state index is 4.78. The minimum Gasteiger partial charge on any atom is -0.356 e. The van der Waals surface area contributed by atoms with Gasteiger partial charge in [-0.25, -0.2) is 9.98 Å². The molecule has 1 fully saturated rings. The van der Waals surface area contributed by atoms with Crippen LogP contribution in [0.3, 0.4) is 0 Å². The van der Waals surface area contributed by atoms with Crippen LogP contribution in [0.2, 0.25) is 0 Å². The third-order valence-corrected chi connectivity index (χ3v) is 5.46. The van der Waals surface area contributed by atoms with E-state index in [0.717, 1.165) is 69.5 Å². The summed E-state index contributed by atoms with van der Waals surface area (Å²) in [6.07, 6.45) is 4.25. The molecule has 0 bridgehead atoms. The van der Waals surface area contributed by atoms with Crippen molar-refractivity contribution in [1.82, 2.24) is 20.5 Å². The van der Waals surface area contributed by atoms with Crippen molar-refractivity contribution in [3.63, 3.8) is 0 Å². The highest BCUT2D eigenvalue weighted by molar-refractivity contribution is 5.79. The number of rotatable bonds is 8. The van der Waals surface area contributed by atoms with Crippen molar-refractivity contribution in [3.05, 3.63) is 59.3 Å². The molecule has 0 unspecified atom stereocenters. The molecule has 2 heterocycles.